The maximum atomic E-state index is 13.3. The lowest BCUT2D eigenvalue weighted by Crippen LogP contribution is -2.38. The number of nitrogens with two attached hydrogens (primary N) is 1. The van der Waals surface area contributed by atoms with E-state index in [0.717, 1.165) is 24.0 Å². The number of hydrogen-bond donors (Lipinski definition) is 2. The van der Waals surface area contributed by atoms with Crippen LogP contribution in [-0.4, -0.2) is 47.5 Å². The quantitative estimate of drug-likeness (QED) is 0.371. The van der Waals surface area contributed by atoms with E-state index in [1.807, 2.05) is 54.6 Å². The number of hydrogen-bond acceptors (Lipinski definition) is 5. The van der Waals surface area contributed by atoms with Crippen LogP contribution in [0, 0.1) is 5.92 Å². The first-order valence-electron chi connectivity index (χ1n) is 12.6. The van der Waals surface area contributed by atoms with Gasteiger partial charge in [0.25, 0.3) is 0 Å². The molecule has 0 aromatic heterocycles. The molecule has 1 aliphatic heterocycles. The van der Waals surface area contributed by atoms with Gasteiger partial charge in [-0.3, -0.25) is 14.4 Å². The Morgan fingerprint density at radius 3 is 2.39 bits per heavy atom. The molecule has 3 aromatic carbocycles. The molecule has 7 nitrogen and oxygen atoms in total. The minimum atomic E-state index is -0.923. The van der Waals surface area contributed by atoms with Crippen molar-refractivity contribution >= 4 is 29.4 Å². The molecule has 0 aliphatic carbocycles. The monoisotopic (exact) mass is 534 g/mol. The van der Waals surface area contributed by atoms with E-state index in [1.54, 1.807) is 23.1 Å². The molecule has 0 spiro atoms. The van der Waals surface area contributed by atoms with Crippen LogP contribution in [0.3, 0.4) is 0 Å². The Morgan fingerprint density at radius 1 is 1.08 bits per heavy atom. The first-order chi connectivity index (χ1) is 18.3. The number of rotatable bonds is 10. The van der Waals surface area contributed by atoms with Gasteiger partial charge in [0.05, 0.1) is 42.2 Å². The van der Waals surface area contributed by atoms with Crippen molar-refractivity contribution in [1.29, 1.82) is 0 Å². The average Bonchev–Trinajstić information content (AvgIpc) is 3.23. The maximum Gasteiger partial charge on any atom is 0.306 e. The van der Waals surface area contributed by atoms with Crippen LogP contribution >= 0.6 is 11.6 Å². The van der Waals surface area contributed by atoms with Gasteiger partial charge in [-0.2, -0.15) is 0 Å². The molecule has 3 atom stereocenters. The third-order valence-electron chi connectivity index (χ3n) is 7.09. The number of aliphatic hydroxyl groups is 1. The third kappa shape index (κ3) is 6.23. The maximum absolute atomic E-state index is 13.3. The van der Waals surface area contributed by atoms with Crippen molar-refractivity contribution in [2.24, 2.45) is 11.7 Å². The smallest absolute Gasteiger partial charge is 0.306 e. The molecule has 0 radical (unpaired) electrons. The van der Waals surface area contributed by atoms with E-state index in [1.165, 1.54) is 12.7 Å². The molecule has 3 N–H and O–H groups in total. The molecule has 38 heavy (non-hydrogen) atoms. The molecular weight excluding hydrogens is 504 g/mol. The molecule has 0 bridgehead atoms. The summed E-state index contributed by atoms with van der Waals surface area (Å²) in [7, 11) is 1.31. The molecule has 1 fully saturated rings. The molecule has 1 unspecified atom stereocenters. The molecule has 4 rings (SSSR count). The lowest BCUT2D eigenvalue weighted by molar-refractivity contribution is -0.145. The van der Waals surface area contributed by atoms with Crippen molar-refractivity contribution in [3.63, 3.8) is 0 Å². The minimum absolute atomic E-state index is 0.00522. The largest absolute Gasteiger partial charge is 0.469 e. The van der Waals surface area contributed by atoms with E-state index in [2.05, 4.69) is 0 Å². The number of primary amides is 1. The van der Waals surface area contributed by atoms with Gasteiger partial charge in [-0.15, -0.1) is 0 Å². The Kier molecular flexibility index (Phi) is 8.81. The van der Waals surface area contributed by atoms with E-state index >= 15 is 0 Å². The number of likely N-dealkylation sites (tertiary alicyclic amines) is 1. The number of halogens is 1. The number of methoxy groups -OCH3 is 1. The summed E-state index contributed by atoms with van der Waals surface area (Å²) in [6.07, 6.45) is 0.987. The van der Waals surface area contributed by atoms with Crippen LogP contribution in [0.25, 0.3) is 11.1 Å². The Hall–Kier alpha value is -3.68. The SMILES string of the molecule is COC(=O)C[C@@H]1C[C@@H](C(O)c2ccc(-c3ccc(C(N)=O)c(Cl)c3)cc2)N(CCCc2ccccc2)C1=O. The van der Waals surface area contributed by atoms with Gasteiger partial charge in [0, 0.05) is 6.54 Å². The first-order valence-corrected chi connectivity index (χ1v) is 12.9. The van der Waals surface area contributed by atoms with E-state index in [4.69, 9.17) is 22.1 Å². The van der Waals surface area contributed by atoms with Gasteiger partial charge < -0.3 is 20.5 Å². The number of ether oxygens (including phenoxy) is 1. The summed E-state index contributed by atoms with van der Waals surface area (Å²) >= 11 is 6.20. The van der Waals surface area contributed by atoms with Crippen molar-refractivity contribution in [2.75, 3.05) is 13.7 Å². The molecule has 3 aromatic rings. The lowest BCUT2D eigenvalue weighted by Gasteiger charge is -2.29. The summed E-state index contributed by atoms with van der Waals surface area (Å²) in [5.41, 5.74) is 9.09. The van der Waals surface area contributed by atoms with Gasteiger partial charge in [-0.1, -0.05) is 72.3 Å². The third-order valence-corrected chi connectivity index (χ3v) is 7.40. The summed E-state index contributed by atoms with van der Waals surface area (Å²) in [6, 6.07) is 21.9. The van der Waals surface area contributed by atoms with Gasteiger partial charge >= 0.3 is 5.97 Å². The standard InChI is InChI=1S/C30H31ClN2O5/c1-38-27(34)18-23-17-26(33(30(23)37)15-5-8-19-6-3-2-4-7-19)28(35)21-11-9-20(10-12-21)22-13-14-24(29(32)36)25(31)16-22/h2-4,6-7,9-14,16,23,26,28,35H,5,8,15,17-18H2,1H3,(H2,32,36)/t23-,26-,28?/m0/s1. The van der Waals surface area contributed by atoms with Gasteiger partial charge in [0.2, 0.25) is 11.8 Å². The zero-order chi connectivity index (χ0) is 27.2. The minimum Gasteiger partial charge on any atom is -0.469 e. The second-order valence-corrected chi connectivity index (χ2v) is 9.93. The van der Waals surface area contributed by atoms with Crippen molar-refractivity contribution in [1.82, 2.24) is 4.90 Å². The van der Waals surface area contributed by atoms with Gasteiger partial charge in [0.15, 0.2) is 0 Å². The number of amides is 2. The first kappa shape index (κ1) is 27.4. The Morgan fingerprint density at radius 2 is 1.76 bits per heavy atom. The van der Waals surface area contributed by atoms with E-state index in [0.29, 0.717) is 18.5 Å². The average molecular weight is 535 g/mol. The highest BCUT2D eigenvalue weighted by molar-refractivity contribution is 6.34. The molecule has 0 saturated carbocycles. The number of benzene rings is 3. The van der Waals surface area contributed by atoms with Gasteiger partial charge in [-0.05, 0) is 53.6 Å². The fourth-order valence-corrected chi connectivity index (χ4v) is 5.31. The van der Waals surface area contributed by atoms with Crippen molar-refractivity contribution in [2.45, 2.75) is 37.8 Å². The van der Waals surface area contributed by atoms with Crippen LogP contribution in [-0.2, 0) is 20.7 Å². The highest BCUT2D eigenvalue weighted by Crippen LogP contribution is 2.36. The van der Waals surface area contributed by atoms with Gasteiger partial charge in [0.1, 0.15) is 0 Å². The number of aliphatic hydroxyl groups excluding tert-OH is 1. The second kappa shape index (κ2) is 12.2. The summed E-state index contributed by atoms with van der Waals surface area (Å²) in [4.78, 5) is 38.4. The van der Waals surface area contributed by atoms with Crippen LogP contribution in [0.5, 0.6) is 0 Å². The van der Waals surface area contributed by atoms with E-state index < -0.39 is 29.9 Å². The molecule has 1 aliphatic rings. The summed E-state index contributed by atoms with van der Waals surface area (Å²) in [6.45, 7) is 0.482. The molecule has 1 saturated heterocycles. The zero-order valence-corrected chi connectivity index (χ0v) is 21.9. The number of aryl methyl sites for hydroxylation is 1. The van der Waals surface area contributed by atoms with E-state index in [9.17, 15) is 19.5 Å². The fraction of sp³-hybridized carbons (Fsp3) is 0.300. The highest BCUT2D eigenvalue weighted by atomic mass is 35.5. The van der Waals surface area contributed by atoms with Crippen LogP contribution in [0.15, 0.2) is 72.8 Å². The number of esters is 1. The number of nitrogens with zero attached hydrogens (tertiary/aromatic N) is 1. The summed E-state index contributed by atoms with van der Waals surface area (Å²) in [5.74, 6) is -1.68. The normalized spacial score (nSPS) is 17.9. The number of carbonyl (C=O) groups excluding carboxylic acids is 3. The summed E-state index contributed by atoms with van der Waals surface area (Å²) < 4.78 is 4.79. The number of carbonyl (C=O) groups is 3. The van der Waals surface area contributed by atoms with Gasteiger partial charge in [-0.25, -0.2) is 0 Å². The second-order valence-electron chi connectivity index (χ2n) is 9.53. The molecule has 1 heterocycles. The van der Waals surface area contributed by atoms with Crippen molar-refractivity contribution < 1.29 is 24.2 Å². The predicted octanol–water partition coefficient (Wildman–Crippen LogP) is 4.55. The van der Waals surface area contributed by atoms with Crippen LogP contribution in [0.4, 0.5) is 0 Å². The topological polar surface area (TPSA) is 110 Å². The van der Waals surface area contributed by atoms with Crippen LogP contribution in [0.2, 0.25) is 5.02 Å². The van der Waals surface area contributed by atoms with Crippen molar-refractivity contribution in [3.8, 4) is 11.1 Å². The molecule has 2 amide bonds. The van der Waals surface area contributed by atoms with Crippen LogP contribution in [0.1, 0.15) is 46.9 Å². The van der Waals surface area contributed by atoms with Crippen molar-refractivity contribution in [3.05, 3.63) is 94.5 Å². The Labute approximate surface area is 227 Å². The van der Waals surface area contributed by atoms with Crippen LogP contribution < -0.4 is 5.73 Å². The van der Waals surface area contributed by atoms with E-state index in [-0.39, 0.29) is 22.9 Å². The molecular formula is C30H31ClN2O5. The predicted molar refractivity (Wildman–Crippen MR) is 145 cm³/mol. The zero-order valence-electron chi connectivity index (χ0n) is 21.2. The molecule has 198 valence electrons. The Balaban J connectivity index is 1.51. The Bertz CT molecular complexity index is 1300. The lowest BCUT2D eigenvalue weighted by atomic mass is 9.94. The highest BCUT2D eigenvalue weighted by Gasteiger charge is 2.43. The molecule has 8 heteroatoms. The summed E-state index contributed by atoms with van der Waals surface area (Å²) in [5, 5.41) is 11.6. The fourth-order valence-electron chi connectivity index (χ4n) is 5.04.